The molecule has 2 aliphatic heterocycles. The molecular formula is C16H24N4O2. The Morgan fingerprint density at radius 3 is 2.59 bits per heavy atom. The van der Waals surface area contributed by atoms with E-state index in [1.807, 2.05) is 17.0 Å². The summed E-state index contributed by atoms with van der Waals surface area (Å²) in [5.41, 5.74) is 0.727. The van der Waals surface area contributed by atoms with E-state index in [1.54, 1.807) is 6.20 Å². The van der Waals surface area contributed by atoms with Crippen LogP contribution in [0.3, 0.4) is 0 Å². The van der Waals surface area contributed by atoms with Crippen molar-refractivity contribution >= 4 is 11.7 Å². The van der Waals surface area contributed by atoms with Crippen molar-refractivity contribution in [1.82, 2.24) is 14.8 Å². The van der Waals surface area contributed by atoms with Crippen LogP contribution < -0.4 is 4.90 Å². The van der Waals surface area contributed by atoms with E-state index in [0.717, 1.165) is 44.1 Å². The summed E-state index contributed by atoms with van der Waals surface area (Å²) in [7, 11) is 0. The lowest BCUT2D eigenvalue weighted by Gasteiger charge is -2.35. The average molecular weight is 304 g/mol. The van der Waals surface area contributed by atoms with Crippen LogP contribution in [0.5, 0.6) is 0 Å². The number of aromatic nitrogens is 1. The number of nitrogens with zero attached hydrogens (tertiary/aromatic N) is 4. The Bertz CT molecular complexity index is 509. The molecule has 120 valence electrons. The summed E-state index contributed by atoms with van der Waals surface area (Å²) >= 11 is 0. The maximum atomic E-state index is 12.5. The monoisotopic (exact) mass is 304 g/mol. The van der Waals surface area contributed by atoms with E-state index >= 15 is 0 Å². The third-order valence-corrected chi connectivity index (χ3v) is 4.43. The second-order valence-electron chi connectivity index (χ2n) is 5.73. The van der Waals surface area contributed by atoms with Crippen LogP contribution in [-0.4, -0.2) is 79.7 Å². The second-order valence-corrected chi connectivity index (χ2v) is 5.73. The van der Waals surface area contributed by atoms with Crippen LogP contribution in [0, 0.1) is 0 Å². The number of piperazine rings is 1. The fourth-order valence-corrected chi connectivity index (χ4v) is 2.97. The first-order chi connectivity index (χ1) is 10.8. The molecule has 1 aromatic rings. The van der Waals surface area contributed by atoms with E-state index in [9.17, 15) is 4.79 Å². The molecule has 0 spiro atoms. The topological polar surface area (TPSA) is 48.9 Å². The van der Waals surface area contributed by atoms with E-state index < -0.39 is 0 Å². The van der Waals surface area contributed by atoms with E-state index in [-0.39, 0.29) is 5.91 Å². The molecule has 0 unspecified atom stereocenters. The highest BCUT2D eigenvalue weighted by atomic mass is 16.5. The number of rotatable bonds is 3. The molecule has 0 aromatic carbocycles. The smallest absolute Gasteiger partial charge is 0.254 e. The molecule has 0 bridgehead atoms. The van der Waals surface area contributed by atoms with Gasteiger partial charge in [0.1, 0.15) is 5.82 Å². The third-order valence-electron chi connectivity index (χ3n) is 4.43. The first-order valence-corrected chi connectivity index (χ1v) is 8.08. The first kappa shape index (κ1) is 15.2. The molecule has 2 fully saturated rings. The van der Waals surface area contributed by atoms with Crippen LogP contribution in [0.25, 0.3) is 0 Å². The Balaban J connectivity index is 1.68. The fourth-order valence-electron chi connectivity index (χ4n) is 2.97. The quantitative estimate of drug-likeness (QED) is 0.822. The molecule has 2 saturated heterocycles. The zero-order chi connectivity index (χ0) is 15.4. The van der Waals surface area contributed by atoms with Gasteiger partial charge in [-0.25, -0.2) is 4.98 Å². The summed E-state index contributed by atoms with van der Waals surface area (Å²) in [6.45, 7) is 9.93. The number of amides is 1. The number of morpholine rings is 1. The summed E-state index contributed by atoms with van der Waals surface area (Å²) in [6.07, 6.45) is 1.75. The van der Waals surface area contributed by atoms with Gasteiger partial charge in [0.2, 0.25) is 0 Å². The Morgan fingerprint density at radius 1 is 1.18 bits per heavy atom. The molecule has 0 N–H and O–H groups in total. The minimum atomic E-state index is 0.0825. The van der Waals surface area contributed by atoms with Crippen LogP contribution in [0.4, 0.5) is 5.82 Å². The number of hydrogen-bond donors (Lipinski definition) is 0. The maximum Gasteiger partial charge on any atom is 0.254 e. The highest BCUT2D eigenvalue weighted by Gasteiger charge is 2.21. The summed E-state index contributed by atoms with van der Waals surface area (Å²) in [5, 5.41) is 0. The van der Waals surface area contributed by atoms with E-state index in [4.69, 9.17) is 4.74 Å². The molecule has 6 nitrogen and oxygen atoms in total. The molecule has 2 aliphatic rings. The Labute approximate surface area is 131 Å². The van der Waals surface area contributed by atoms with Gasteiger partial charge in [0.05, 0.1) is 13.2 Å². The number of carbonyl (C=O) groups is 1. The van der Waals surface area contributed by atoms with Crippen LogP contribution >= 0.6 is 0 Å². The van der Waals surface area contributed by atoms with Crippen molar-refractivity contribution in [1.29, 1.82) is 0 Å². The van der Waals surface area contributed by atoms with Crippen LogP contribution in [0.1, 0.15) is 17.3 Å². The molecule has 0 aliphatic carbocycles. The normalized spacial score (nSPS) is 20.2. The lowest BCUT2D eigenvalue weighted by atomic mass is 10.2. The predicted molar refractivity (Wildman–Crippen MR) is 85.3 cm³/mol. The number of hydrogen-bond acceptors (Lipinski definition) is 5. The van der Waals surface area contributed by atoms with Gasteiger partial charge >= 0.3 is 0 Å². The molecule has 3 rings (SSSR count). The van der Waals surface area contributed by atoms with Crippen molar-refractivity contribution in [2.75, 3.05) is 63.9 Å². The number of likely N-dealkylation sites (N-methyl/N-ethyl adjacent to an activating group) is 1. The number of carbonyl (C=O) groups excluding carboxylic acids is 1. The molecule has 0 atom stereocenters. The Morgan fingerprint density at radius 2 is 1.91 bits per heavy atom. The molecule has 6 heteroatoms. The van der Waals surface area contributed by atoms with Crippen LogP contribution in [-0.2, 0) is 4.74 Å². The molecule has 3 heterocycles. The lowest BCUT2D eigenvalue weighted by molar-refractivity contribution is 0.0303. The van der Waals surface area contributed by atoms with E-state index in [2.05, 4.69) is 21.7 Å². The molecule has 1 aromatic heterocycles. The molecule has 0 saturated carbocycles. The van der Waals surface area contributed by atoms with Gasteiger partial charge in [-0.3, -0.25) is 4.79 Å². The Hall–Kier alpha value is -1.66. The standard InChI is InChI=1S/C16H24N4O2/c1-2-18-5-7-19(8-6-18)15-13-14(3-4-17-15)16(21)20-9-11-22-12-10-20/h3-4,13H,2,5-12H2,1H3. The largest absolute Gasteiger partial charge is 0.378 e. The van der Waals surface area contributed by atoms with Crippen molar-refractivity contribution in [2.45, 2.75) is 6.92 Å². The van der Waals surface area contributed by atoms with Crippen molar-refractivity contribution in [2.24, 2.45) is 0 Å². The van der Waals surface area contributed by atoms with Gasteiger partial charge in [0, 0.05) is 51.0 Å². The highest BCUT2D eigenvalue weighted by Crippen LogP contribution is 2.16. The van der Waals surface area contributed by atoms with Crippen molar-refractivity contribution in [3.05, 3.63) is 23.9 Å². The third kappa shape index (κ3) is 3.39. The molecule has 1 amide bonds. The maximum absolute atomic E-state index is 12.5. The minimum Gasteiger partial charge on any atom is -0.378 e. The second kappa shape index (κ2) is 7.07. The van der Waals surface area contributed by atoms with Crippen molar-refractivity contribution in [3.63, 3.8) is 0 Å². The molecular weight excluding hydrogens is 280 g/mol. The number of pyridine rings is 1. The van der Waals surface area contributed by atoms with Gasteiger partial charge in [-0.15, -0.1) is 0 Å². The van der Waals surface area contributed by atoms with E-state index in [0.29, 0.717) is 26.3 Å². The zero-order valence-electron chi connectivity index (χ0n) is 13.2. The average Bonchev–Trinajstić information content (AvgIpc) is 2.62. The minimum absolute atomic E-state index is 0.0825. The van der Waals surface area contributed by atoms with Gasteiger partial charge in [0.15, 0.2) is 0 Å². The van der Waals surface area contributed by atoms with Crippen molar-refractivity contribution in [3.8, 4) is 0 Å². The summed E-state index contributed by atoms with van der Waals surface area (Å²) in [6, 6.07) is 3.74. The Kier molecular flexibility index (Phi) is 4.90. The van der Waals surface area contributed by atoms with Gasteiger partial charge in [-0.05, 0) is 18.7 Å². The van der Waals surface area contributed by atoms with Gasteiger partial charge in [-0.2, -0.15) is 0 Å². The first-order valence-electron chi connectivity index (χ1n) is 8.08. The number of ether oxygens (including phenoxy) is 1. The molecule has 0 radical (unpaired) electrons. The van der Waals surface area contributed by atoms with Crippen molar-refractivity contribution < 1.29 is 9.53 Å². The van der Waals surface area contributed by atoms with Crippen LogP contribution in [0.15, 0.2) is 18.3 Å². The summed E-state index contributed by atoms with van der Waals surface area (Å²) in [5.74, 6) is 0.994. The highest BCUT2D eigenvalue weighted by molar-refractivity contribution is 5.94. The number of anilines is 1. The van der Waals surface area contributed by atoms with Crippen LogP contribution in [0.2, 0.25) is 0 Å². The molecule has 22 heavy (non-hydrogen) atoms. The predicted octanol–water partition coefficient (Wildman–Crippen LogP) is 0.696. The fraction of sp³-hybridized carbons (Fsp3) is 0.625. The van der Waals surface area contributed by atoms with Gasteiger partial charge in [0.25, 0.3) is 5.91 Å². The van der Waals surface area contributed by atoms with E-state index in [1.165, 1.54) is 0 Å². The SMILES string of the molecule is CCN1CCN(c2cc(C(=O)N3CCOCC3)ccn2)CC1. The van der Waals surface area contributed by atoms with Gasteiger partial charge < -0.3 is 19.4 Å². The van der Waals surface area contributed by atoms with Gasteiger partial charge in [-0.1, -0.05) is 6.92 Å². The summed E-state index contributed by atoms with van der Waals surface area (Å²) in [4.78, 5) is 23.6. The lowest BCUT2D eigenvalue weighted by Crippen LogP contribution is -2.46. The zero-order valence-corrected chi connectivity index (χ0v) is 13.2. The summed E-state index contributed by atoms with van der Waals surface area (Å²) < 4.78 is 5.31.